The van der Waals surface area contributed by atoms with E-state index in [0.717, 1.165) is 37.9 Å². The summed E-state index contributed by atoms with van der Waals surface area (Å²) < 4.78 is 16.1. The Hall–Kier alpha value is -1.95. The monoisotopic (exact) mass is 336 g/mol. The molecule has 2 atom stereocenters. The van der Waals surface area contributed by atoms with E-state index in [0.29, 0.717) is 24.1 Å². The Labute approximate surface area is 143 Å². The number of nitrogens with one attached hydrogen (secondary N) is 2. The molecule has 1 aromatic carbocycles. The van der Waals surface area contributed by atoms with E-state index in [9.17, 15) is 4.79 Å². The van der Waals surface area contributed by atoms with Crippen molar-refractivity contribution in [1.82, 2.24) is 10.6 Å². The maximum Gasteiger partial charge on any atom is 0.315 e. The average molecular weight is 336 g/mol. The molecule has 134 valence electrons. The van der Waals surface area contributed by atoms with Gasteiger partial charge in [0.25, 0.3) is 0 Å². The highest BCUT2D eigenvalue weighted by Gasteiger charge is 2.17. The third kappa shape index (κ3) is 5.60. The number of hydrogen-bond acceptors (Lipinski definition) is 4. The van der Waals surface area contributed by atoms with Crippen molar-refractivity contribution in [3.8, 4) is 11.5 Å². The van der Waals surface area contributed by atoms with Crippen LogP contribution in [0.25, 0.3) is 0 Å². The van der Waals surface area contributed by atoms with Crippen molar-refractivity contribution < 1.29 is 19.0 Å². The van der Waals surface area contributed by atoms with Gasteiger partial charge in [-0.25, -0.2) is 4.79 Å². The summed E-state index contributed by atoms with van der Waals surface area (Å²) in [7, 11) is 3.19. The molecule has 2 unspecified atom stereocenters. The number of hydrogen-bond donors (Lipinski definition) is 2. The number of carbonyl (C=O) groups excluding carboxylic acids is 1. The van der Waals surface area contributed by atoms with Crippen LogP contribution in [0.15, 0.2) is 18.2 Å². The highest BCUT2D eigenvalue weighted by Crippen LogP contribution is 2.27. The summed E-state index contributed by atoms with van der Waals surface area (Å²) in [5.41, 5.74) is 0.954. The minimum absolute atomic E-state index is 0.125. The number of methoxy groups -OCH3 is 2. The van der Waals surface area contributed by atoms with Crippen LogP contribution >= 0.6 is 0 Å². The largest absolute Gasteiger partial charge is 0.493 e. The molecule has 24 heavy (non-hydrogen) atoms. The summed E-state index contributed by atoms with van der Waals surface area (Å²) in [4.78, 5) is 12.0. The second-order valence-corrected chi connectivity index (χ2v) is 6.13. The normalized spacial score (nSPS) is 18.0. The molecule has 1 heterocycles. The topological polar surface area (TPSA) is 68.8 Å². The van der Waals surface area contributed by atoms with Gasteiger partial charge >= 0.3 is 6.03 Å². The van der Waals surface area contributed by atoms with Crippen molar-refractivity contribution in [2.24, 2.45) is 0 Å². The fourth-order valence-corrected chi connectivity index (χ4v) is 2.83. The van der Waals surface area contributed by atoms with E-state index < -0.39 is 0 Å². The van der Waals surface area contributed by atoms with Crippen LogP contribution in [0.1, 0.15) is 38.2 Å². The lowest BCUT2D eigenvalue weighted by Crippen LogP contribution is -2.40. The summed E-state index contributed by atoms with van der Waals surface area (Å²) in [6.45, 7) is 3.33. The van der Waals surface area contributed by atoms with Gasteiger partial charge in [0, 0.05) is 19.2 Å². The molecule has 0 aliphatic carbocycles. The van der Waals surface area contributed by atoms with Gasteiger partial charge in [0.05, 0.1) is 20.3 Å². The molecule has 2 rings (SSSR count). The number of urea groups is 1. The molecule has 1 aromatic rings. The van der Waals surface area contributed by atoms with E-state index in [1.54, 1.807) is 14.2 Å². The average Bonchev–Trinajstić information content (AvgIpc) is 3.11. The highest BCUT2D eigenvalue weighted by atomic mass is 16.5. The number of rotatable bonds is 8. The van der Waals surface area contributed by atoms with Gasteiger partial charge in [-0.1, -0.05) is 6.07 Å². The Morgan fingerprint density at radius 1 is 1.33 bits per heavy atom. The fourth-order valence-electron chi connectivity index (χ4n) is 2.83. The van der Waals surface area contributed by atoms with Crippen molar-refractivity contribution in [1.29, 1.82) is 0 Å². The number of amides is 2. The predicted octanol–water partition coefficient (Wildman–Crippen LogP) is 2.85. The van der Waals surface area contributed by atoms with Crippen LogP contribution in [0.5, 0.6) is 11.5 Å². The van der Waals surface area contributed by atoms with Crippen LogP contribution in [0, 0.1) is 0 Å². The molecule has 1 fully saturated rings. The maximum atomic E-state index is 12.0. The van der Waals surface area contributed by atoms with Gasteiger partial charge in [-0.2, -0.15) is 0 Å². The van der Waals surface area contributed by atoms with Crippen molar-refractivity contribution in [2.75, 3.05) is 20.8 Å². The molecule has 6 heteroatoms. The van der Waals surface area contributed by atoms with Crippen molar-refractivity contribution >= 4 is 6.03 Å². The lowest BCUT2D eigenvalue weighted by Gasteiger charge is -2.17. The van der Waals surface area contributed by atoms with Crippen LogP contribution in [-0.4, -0.2) is 39.0 Å². The fraction of sp³-hybridized carbons (Fsp3) is 0.611. The standard InChI is InChI=1S/C18H28N2O4/c1-13(6-8-15-5-4-10-24-15)20-18(21)19-12-14-7-9-16(22-2)17(11-14)23-3/h7,9,11,13,15H,4-6,8,10,12H2,1-3H3,(H2,19,20,21). The molecule has 0 spiro atoms. The Balaban J connectivity index is 1.72. The van der Waals surface area contributed by atoms with Gasteiger partial charge in [-0.15, -0.1) is 0 Å². The Morgan fingerprint density at radius 3 is 2.79 bits per heavy atom. The summed E-state index contributed by atoms with van der Waals surface area (Å²) in [5.74, 6) is 1.33. The van der Waals surface area contributed by atoms with Crippen LogP contribution < -0.4 is 20.1 Å². The number of carbonyl (C=O) groups is 1. The molecule has 1 aliphatic heterocycles. The molecular weight excluding hydrogens is 308 g/mol. The van der Waals surface area contributed by atoms with Gasteiger partial charge < -0.3 is 24.8 Å². The minimum Gasteiger partial charge on any atom is -0.493 e. The van der Waals surface area contributed by atoms with Gasteiger partial charge in [0.15, 0.2) is 11.5 Å². The van der Waals surface area contributed by atoms with Crippen molar-refractivity contribution in [3.05, 3.63) is 23.8 Å². The first-order valence-corrected chi connectivity index (χ1v) is 8.49. The summed E-state index contributed by atoms with van der Waals surface area (Å²) in [6.07, 6.45) is 4.58. The van der Waals surface area contributed by atoms with Gasteiger partial charge in [-0.05, 0) is 50.3 Å². The Bertz CT molecular complexity index is 530. The second kappa shape index (κ2) is 9.37. The van der Waals surface area contributed by atoms with Gasteiger partial charge in [-0.3, -0.25) is 0 Å². The molecule has 1 saturated heterocycles. The third-order valence-electron chi connectivity index (χ3n) is 4.22. The highest BCUT2D eigenvalue weighted by molar-refractivity contribution is 5.74. The van der Waals surface area contributed by atoms with E-state index >= 15 is 0 Å². The van der Waals surface area contributed by atoms with Crippen LogP contribution in [-0.2, 0) is 11.3 Å². The van der Waals surface area contributed by atoms with E-state index in [1.807, 2.05) is 25.1 Å². The van der Waals surface area contributed by atoms with E-state index in [-0.39, 0.29) is 12.1 Å². The summed E-state index contributed by atoms with van der Waals surface area (Å²) in [5, 5.41) is 5.83. The number of ether oxygens (including phenoxy) is 3. The lowest BCUT2D eigenvalue weighted by atomic mass is 10.1. The maximum absolute atomic E-state index is 12.0. The van der Waals surface area contributed by atoms with Crippen molar-refractivity contribution in [2.45, 2.75) is 51.3 Å². The van der Waals surface area contributed by atoms with E-state index in [1.165, 1.54) is 0 Å². The van der Waals surface area contributed by atoms with Crippen LogP contribution in [0.3, 0.4) is 0 Å². The molecule has 0 radical (unpaired) electrons. The summed E-state index contributed by atoms with van der Waals surface area (Å²) >= 11 is 0. The zero-order valence-corrected chi connectivity index (χ0v) is 14.8. The van der Waals surface area contributed by atoms with Gasteiger partial charge in [0.2, 0.25) is 0 Å². The molecule has 2 amide bonds. The Morgan fingerprint density at radius 2 is 2.12 bits per heavy atom. The second-order valence-electron chi connectivity index (χ2n) is 6.13. The SMILES string of the molecule is COc1ccc(CNC(=O)NC(C)CCC2CCCO2)cc1OC. The predicted molar refractivity (Wildman–Crippen MR) is 92.6 cm³/mol. The van der Waals surface area contributed by atoms with Crippen LogP contribution in [0.2, 0.25) is 0 Å². The molecule has 1 aliphatic rings. The summed E-state index contributed by atoms with van der Waals surface area (Å²) in [6, 6.07) is 5.56. The molecule has 6 nitrogen and oxygen atoms in total. The van der Waals surface area contributed by atoms with Crippen molar-refractivity contribution in [3.63, 3.8) is 0 Å². The molecule has 0 saturated carbocycles. The first kappa shape index (κ1) is 18.4. The van der Waals surface area contributed by atoms with E-state index in [2.05, 4.69) is 10.6 Å². The first-order chi connectivity index (χ1) is 11.6. The Kier molecular flexibility index (Phi) is 7.18. The molecule has 0 bridgehead atoms. The quantitative estimate of drug-likeness (QED) is 0.766. The molecular formula is C18H28N2O4. The minimum atomic E-state index is -0.162. The smallest absolute Gasteiger partial charge is 0.315 e. The molecule has 0 aromatic heterocycles. The zero-order valence-electron chi connectivity index (χ0n) is 14.8. The first-order valence-electron chi connectivity index (χ1n) is 8.49. The van der Waals surface area contributed by atoms with Crippen LogP contribution in [0.4, 0.5) is 4.79 Å². The van der Waals surface area contributed by atoms with E-state index in [4.69, 9.17) is 14.2 Å². The molecule has 2 N–H and O–H groups in total. The van der Waals surface area contributed by atoms with Gasteiger partial charge in [0.1, 0.15) is 0 Å². The third-order valence-corrected chi connectivity index (χ3v) is 4.22. The zero-order chi connectivity index (χ0) is 17.4. The lowest BCUT2D eigenvalue weighted by molar-refractivity contribution is 0.100. The number of benzene rings is 1.